The summed E-state index contributed by atoms with van der Waals surface area (Å²) in [6.07, 6.45) is 0.633. The molecule has 0 amide bonds. The van der Waals surface area contributed by atoms with Gasteiger partial charge in [0.2, 0.25) is 0 Å². The topological polar surface area (TPSA) is 63.4 Å². The van der Waals surface area contributed by atoms with Crippen molar-refractivity contribution in [2.45, 2.75) is 11.3 Å². The van der Waals surface area contributed by atoms with Crippen LogP contribution in [0.2, 0.25) is 0 Å². The molecule has 1 aromatic carbocycles. The van der Waals surface area contributed by atoms with Crippen molar-refractivity contribution in [3.8, 4) is 0 Å². The summed E-state index contributed by atoms with van der Waals surface area (Å²) in [5.74, 6) is 0.674. The van der Waals surface area contributed by atoms with Crippen LogP contribution in [-0.4, -0.2) is 22.4 Å². The highest BCUT2D eigenvalue weighted by atomic mass is 79.9. The number of nitrogens with zero attached hydrogens (tertiary/aromatic N) is 1. The fraction of sp³-hybridized carbons (Fsp3) is 0.333. The van der Waals surface area contributed by atoms with E-state index >= 15 is 0 Å². The van der Waals surface area contributed by atoms with Crippen molar-refractivity contribution in [2.24, 2.45) is 0 Å². The van der Waals surface area contributed by atoms with Gasteiger partial charge in [-0.3, -0.25) is 10.1 Å². The number of hydrogen-bond acceptors (Lipinski definition) is 4. The van der Waals surface area contributed by atoms with Crippen molar-refractivity contribution in [1.82, 2.24) is 0 Å². The highest BCUT2D eigenvalue weighted by molar-refractivity contribution is 9.10. The lowest BCUT2D eigenvalue weighted by Crippen LogP contribution is -1.92. The number of benzene rings is 1. The molecule has 0 atom stereocenters. The van der Waals surface area contributed by atoms with Gasteiger partial charge in [-0.1, -0.05) is 15.9 Å². The molecule has 82 valence electrons. The zero-order valence-corrected chi connectivity index (χ0v) is 10.3. The van der Waals surface area contributed by atoms with Crippen LogP contribution in [0.5, 0.6) is 0 Å². The van der Waals surface area contributed by atoms with Gasteiger partial charge in [-0.25, -0.2) is 0 Å². The van der Waals surface area contributed by atoms with E-state index in [1.807, 2.05) is 0 Å². The van der Waals surface area contributed by atoms with Gasteiger partial charge in [0.25, 0.3) is 5.69 Å². The largest absolute Gasteiger partial charge is 0.396 e. The average Bonchev–Trinajstić information content (AvgIpc) is 2.18. The molecule has 0 saturated heterocycles. The molecule has 0 aliphatic carbocycles. The molecule has 0 aliphatic heterocycles. The molecule has 0 aromatic heterocycles. The van der Waals surface area contributed by atoms with Crippen LogP contribution in [-0.2, 0) is 0 Å². The molecule has 0 fully saturated rings. The van der Waals surface area contributed by atoms with E-state index in [2.05, 4.69) is 15.9 Å². The molecular formula is C9H10BrNO3S. The molecule has 15 heavy (non-hydrogen) atoms. The fourth-order valence-electron chi connectivity index (χ4n) is 1.00. The van der Waals surface area contributed by atoms with E-state index in [1.54, 1.807) is 12.1 Å². The predicted molar refractivity (Wildman–Crippen MR) is 63.2 cm³/mol. The molecule has 0 saturated carbocycles. The van der Waals surface area contributed by atoms with Crippen LogP contribution in [0.15, 0.2) is 27.6 Å². The molecule has 0 spiro atoms. The Labute approximate surface area is 100.0 Å². The van der Waals surface area contributed by atoms with Crippen LogP contribution in [0, 0.1) is 10.1 Å². The molecule has 0 bridgehead atoms. The molecule has 0 heterocycles. The van der Waals surface area contributed by atoms with Crippen LogP contribution >= 0.6 is 27.7 Å². The lowest BCUT2D eigenvalue weighted by Gasteiger charge is -2.02. The van der Waals surface area contributed by atoms with Gasteiger partial charge in [0.05, 0.1) is 9.82 Å². The third kappa shape index (κ3) is 3.81. The summed E-state index contributed by atoms with van der Waals surface area (Å²) in [5.41, 5.74) is 0.112. The molecule has 6 heteroatoms. The van der Waals surface area contributed by atoms with E-state index in [1.165, 1.54) is 17.8 Å². The Morgan fingerprint density at radius 2 is 2.27 bits per heavy atom. The normalized spacial score (nSPS) is 10.3. The van der Waals surface area contributed by atoms with E-state index < -0.39 is 4.92 Å². The first-order valence-corrected chi connectivity index (χ1v) is 6.10. The van der Waals surface area contributed by atoms with E-state index in [-0.39, 0.29) is 12.3 Å². The lowest BCUT2D eigenvalue weighted by molar-refractivity contribution is -0.387. The van der Waals surface area contributed by atoms with Crippen LogP contribution < -0.4 is 0 Å². The molecule has 0 aliphatic rings. The maximum absolute atomic E-state index is 10.7. The standard InChI is InChI=1S/C9H10BrNO3S/c10-7-2-3-8(11(13)14)9(6-7)15-5-1-4-12/h2-3,6,12H,1,4-5H2. The number of aliphatic hydroxyl groups is 1. The lowest BCUT2D eigenvalue weighted by atomic mass is 10.3. The monoisotopic (exact) mass is 291 g/mol. The number of hydrogen-bond donors (Lipinski definition) is 1. The van der Waals surface area contributed by atoms with Gasteiger partial charge in [0.1, 0.15) is 0 Å². The van der Waals surface area contributed by atoms with Gasteiger partial charge < -0.3 is 5.11 Å². The number of thioether (sulfide) groups is 1. The Morgan fingerprint density at radius 1 is 1.53 bits per heavy atom. The Bertz CT molecular complexity index is 359. The second-order valence-electron chi connectivity index (χ2n) is 2.79. The van der Waals surface area contributed by atoms with E-state index in [4.69, 9.17) is 5.11 Å². The Balaban J connectivity index is 2.82. The van der Waals surface area contributed by atoms with Gasteiger partial charge in [0, 0.05) is 22.9 Å². The van der Waals surface area contributed by atoms with Crippen LogP contribution in [0.3, 0.4) is 0 Å². The summed E-state index contributed by atoms with van der Waals surface area (Å²) in [7, 11) is 0. The molecule has 0 radical (unpaired) electrons. The predicted octanol–water partition coefficient (Wildman–Crippen LogP) is 2.83. The molecule has 1 aromatic rings. The highest BCUT2D eigenvalue weighted by Crippen LogP contribution is 2.31. The summed E-state index contributed by atoms with van der Waals surface area (Å²) in [4.78, 5) is 10.9. The highest BCUT2D eigenvalue weighted by Gasteiger charge is 2.13. The van der Waals surface area contributed by atoms with E-state index in [0.717, 1.165) is 4.47 Å². The number of aliphatic hydroxyl groups excluding tert-OH is 1. The molecule has 1 N–H and O–H groups in total. The Morgan fingerprint density at radius 3 is 2.87 bits per heavy atom. The van der Waals surface area contributed by atoms with Crippen molar-refractivity contribution >= 4 is 33.4 Å². The minimum atomic E-state index is -0.395. The van der Waals surface area contributed by atoms with Crippen LogP contribution in [0.25, 0.3) is 0 Å². The first-order valence-electron chi connectivity index (χ1n) is 4.32. The zero-order chi connectivity index (χ0) is 11.3. The quantitative estimate of drug-likeness (QED) is 0.392. The van der Waals surface area contributed by atoms with Crippen molar-refractivity contribution in [2.75, 3.05) is 12.4 Å². The summed E-state index contributed by atoms with van der Waals surface area (Å²) in [6.45, 7) is 0.106. The SMILES string of the molecule is O=[N+]([O-])c1ccc(Br)cc1SCCCO. The summed E-state index contributed by atoms with van der Waals surface area (Å²) < 4.78 is 0.819. The smallest absolute Gasteiger partial charge is 0.282 e. The maximum Gasteiger partial charge on any atom is 0.282 e. The molecule has 4 nitrogen and oxygen atoms in total. The fourth-order valence-corrected chi connectivity index (χ4v) is 2.51. The Kier molecular flexibility index (Phi) is 5.07. The van der Waals surface area contributed by atoms with Gasteiger partial charge >= 0.3 is 0 Å². The minimum absolute atomic E-state index is 0.106. The molecular weight excluding hydrogens is 282 g/mol. The summed E-state index contributed by atoms with van der Waals surface area (Å²) in [5, 5.41) is 19.3. The number of nitro groups is 1. The van der Waals surface area contributed by atoms with Gasteiger partial charge in [-0.15, -0.1) is 11.8 Å². The van der Waals surface area contributed by atoms with Crippen LogP contribution in [0.1, 0.15) is 6.42 Å². The van der Waals surface area contributed by atoms with Crippen molar-refractivity contribution in [3.05, 3.63) is 32.8 Å². The number of rotatable bonds is 5. The molecule has 0 unspecified atom stereocenters. The number of nitro benzene ring substituents is 1. The second-order valence-corrected chi connectivity index (χ2v) is 4.85. The van der Waals surface area contributed by atoms with Gasteiger partial charge in [-0.05, 0) is 18.6 Å². The summed E-state index contributed by atoms with van der Waals surface area (Å²) >= 11 is 4.65. The molecule has 1 rings (SSSR count). The second kappa shape index (κ2) is 6.09. The van der Waals surface area contributed by atoms with Crippen molar-refractivity contribution in [1.29, 1.82) is 0 Å². The van der Waals surface area contributed by atoms with Crippen molar-refractivity contribution < 1.29 is 10.0 Å². The van der Waals surface area contributed by atoms with Crippen LogP contribution in [0.4, 0.5) is 5.69 Å². The third-order valence-corrected chi connectivity index (χ3v) is 3.30. The Hall–Kier alpha value is -0.590. The first-order chi connectivity index (χ1) is 7.15. The number of halogens is 1. The maximum atomic E-state index is 10.7. The minimum Gasteiger partial charge on any atom is -0.396 e. The van der Waals surface area contributed by atoms with E-state index in [9.17, 15) is 10.1 Å². The van der Waals surface area contributed by atoms with Gasteiger partial charge in [0.15, 0.2) is 0 Å². The third-order valence-electron chi connectivity index (χ3n) is 1.68. The average molecular weight is 292 g/mol. The first kappa shape index (κ1) is 12.5. The zero-order valence-electron chi connectivity index (χ0n) is 7.85. The van der Waals surface area contributed by atoms with Gasteiger partial charge in [-0.2, -0.15) is 0 Å². The van der Waals surface area contributed by atoms with Crippen molar-refractivity contribution in [3.63, 3.8) is 0 Å². The summed E-state index contributed by atoms with van der Waals surface area (Å²) in [6, 6.07) is 4.85. The van der Waals surface area contributed by atoms with E-state index in [0.29, 0.717) is 17.1 Å².